The van der Waals surface area contributed by atoms with Crippen LogP contribution in [-0.2, 0) is 6.54 Å². The summed E-state index contributed by atoms with van der Waals surface area (Å²) in [5, 5.41) is 2.00. The Bertz CT molecular complexity index is 563. The Morgan fingerprint density at radius 3 is 2.89 bits per heavy atom. The minimum atomic E-state index is 0.755. The molecule has 1 fully saturated rings. The fourth-order valence-corrected chi connectivity index (χ4v) is 2.69. The third-order valence-corrected chi connectivity index (χ3v) is 4.01. The Labute approximate surface area is 113 Å². The van der Waals surface area contributed by atoms with Crippen LogP contribution in [0.2, 0.25) is 5.02 Å². The molecule has 3 rings (SSSR count). The first-order valence-corrected chi connectivity index (χ1v) is 6.93. The summed E-state index contributed by atoms with van der Waals surface area (Å²) in [6.45, 7) is 4.20. The summed E-state index contributed by atoms with van der Waals surface area (Å²) in [7, 11) is 0. The lowest BCUT2D eigenvalue weighted by atomic mass is 10.1. The lowest BCUT2D eigenvalue weighted by Crippen LogP contribution is -2.25. The summed E-state index contributed by atoms with van der Waals surface area (Å²) in [6, 6.07) is 8.85. The van der Waals surface area contributed by atoms with Gasteiger partial charge in [-0.1, -0.05) is 30.7 Å². The standard InChI is InChI=1S/C15H17ClN2/c1-2-18(12-6-7-12)10-13-14(16)8-5-11-4-3-9-17-15(11)13/h3-5,8-9,12H,2,6-7,10H2,1H3. The summed E-state index contributed by atoms with van der Waals surface area (Å²) in [4.78, 5) is 6.99. The SMILES string of the molecule is CCN(Cc1c(Cl)ccc2cccnc12)C1CC1. The zero-order valence-corrected chi connectivity index (χ0v) is 11.3. The number of aromatic nitrogens is 1. The van der Waals surface area contributed by atoms with E-state index in [1.807, 2.05) is 24.4 Å². The molecule has 0 spiro atoms. The van der Waals surface area contributed by atoms with Crippen molar-refractivity contribution in [3.63, 3.8) is 0 Å². The molecular formula is C15H17ClN2. The first-order valence-electron chi connectivity index (χ1n) is 6.55. The molecule has 18 heavy (non-hydrogen) atoms. The fourth-order valence-electron chi connectivity index (χ4n) is 2.47. The molecule has 2 aromatic rings. The molecule has 94 valence electrons. The van der Waals surface area contributed by atoms with E-state index in [-0.39, 0.29) is 0 Å². The minimum absolute atomic E-state index is 0.755. The molecule has 0 saturated heterocycles. The van der Waals surface area contributed by atoms with E-state index in [2.05, 4.69) is 22.9 Å². The van der Waals surface area contributed by atoms with Crippen molar-refractivity contribution in [3.05, 3.63) is 41.0 Å². The maximum absolute atomic E-state index is 6.36. The van der Waals surface area contributed by atoms with E-state index < -0.39 is 0 Å². The van der Waals surface area contributed by atoms with Crippen molar-refractivity contribution < 1.29 is 0 Å². The van der Waals surface area contributed by atoms with Crippen LogP contribution in [0.3, 0.4) is 0 Å². The van der Waals surface area contributed by atoms with Gasteiger partial charge in [-0.15, -0.1) is 0 Å². The van der Waals surface area contributed by atoms with Crippen LogP contribution < -0.4 is 0 Å². The molecule has 1 aromatic heterocycles. The third kappa shape index (κ3) is 2.23. The smallest absolute Gasteiger partial charge is 0.0761 e. The van der Waals surface area contributed by atoms with Crippen molar-refractivity contribution in [1.29, 1.82) is 0 Å². The quantitative estimate of drug-likeness (QED) is 0.830. The van der Waals surface area contributed by atoms with E-state index in [1.165, 1.54) is 23.8 Å². The third-order valence-electron chi connectivity index (χ3n) is 3.65. The molecule has 0 N–H and O–H groups in total. The molecule has 3 heteroatoms. The summed E-state index contributed by atoms with van der Waals surface area (Å²) in [6.07, 6.45) is 4.49. The van der Waals surface area contributed by atoms with Crippen LogP contribution in [0.25, 0.3) is 10.9 Å². The predicted molar refractivity (Wildman–Crippen MR) is 75.9 cm³/mol. The van der Waals surface area contributed by atoms with E-state index in [0.717, 1.165) is 29.7 Å². The highest BCUT2D eigenvalue weighted by molar-refractivity contribution is 6.32. The molecule has 0 bridgehead atoms. The number of hydrogen-bond acceptors (Lipinski definition) is 2. The van der Waals surface area contributed by atoms with Gasteiger partial charge in [-0.2, -0.15) is 0 Å². The molecule has 0 radical (unpaired) electrons. The number of benzene rings is 1. The zero-order chi connectivity index (χ0) is 12.5. The predicted octanol–water partition coefficient (Wildman–Crippen LogP) is 3.87. The average molecular weight is 261 g/mol. The van der Waals surface area contributed by atoms with Gasteiger partial charge in [-0.25, -0.2) is 0 Å². The van der Waals surface area contributed by atoms with Gasteiger partial charge in [0.1, 0.15) is 0 Å². The highest BCUT2D eigenvalue weighted by atomic mass is 35.5. The Balaban J connectivity index is 2.01. The van der Waals surface area contributed by atoms with E-state index in [4.69, 9.17) is 11.6 Å². The summed E-state index contributed by atoms with van der Waals surface area (Å²) >= 11 is 6.36. The number of nitrogens with zero attached hydrogens (tertiary/aromatic N) is 2. The second-order valence-corrected chi connectivity index (χ2v) is 5.30. The monoisotopic (exact) mass is 260 g/mol. The van der Waals surface area contributed by atoms with Crippen LogP contribution in [-0.4, -0.2) is 22.5 Å². The number of fused-ring (bicyclic) bond motifs is 1. The molecule has 1 aromatic carbocycles. The first kappa shape index (κ1) is 11.9. The van der Waals surface area contributed by atoms with Gasteiger partial charge in [0.25, 0.3) is 0 Å². The molecule has 1 saturated carbocycles. The van der Waals surface area contributed by atoms with Crippen molar-refractivity contribution in [2.45, 2.75) is 32.4 Å². The molecule has 2 nitrogen and oxygen atoms in total. The van der Waals surface area contributed by atoms with Crippen molar-refractivity contribution in [1.82, 2.24) is 9.88 Å². The molecule has 0 aliphatic heterocycles. The zero-order valence-electron chi connectivity index (χ0n) is 10.6. The van der Waals surface area contributed by atoms with Crippen LogP contribution in [0, 0.1) is 0 Å². The molecule has 1 heterocycles. The van der Waals surface area contributed by atoms with Gasteiger partial charge in [-0.05, 0) is 31.5 Å². The minimum Gasteiger partial charge on any atom is -0.296 e. The maximum atomic E-state index is 6.36. The Morgan fingerprint density at radius 2 is 2.17 bits per heavy atom. The van der Waals surface area contributed by atoms with E-state index >= 15 is 0 Å². The van der Waals surface area contributed by atoms with Gasteiger partial charge in [0.15, 0.2) is 0 Å². The first-order chi connectivity index (χ1) is 8.79. The van der Waals surface area contributed by atoms with Crippen LogP contribution in [0.1, 0.15) is 25.3 Å². The topological polar surface area (TPSA) is 16.1 Å². The van der Waals surface area contributed by atoms with Crippen molar-refractivity contribution in [2.75, 3.05) is 6.54 Å². The molecular weight excluding hydrogens is 244 g/mol. The van der Waals surface area contributed by atoms with Gasteiger partial charge in [0.05, 0.1) is 5.52 Å². The normalized spacial score (nSPS) is 15.5. The molecule has 0 amide bonds. The molecule has 1 aliphatic rings. The maximum Gasteiger partial charge on any atom is 0.0761 e. The molecule has 0 atom stereocenters. The Hall–Kier alpha value is -1.12. The second kappa shape index (κ2) is 4.87. The molecule has 1 aliphatic carbocycles. The van der Waals surface area contributed by atoms with Crippen LogP contribution in [0.5, 0.6) is 0 Å². The van der Waals surface area contributed by atoms with Crippen LogP contribution >= 0.6 is 11.6 Å². The Morgan fingerprint density at radius 1 is 1.33 bits per heavy atom. The highest BCUT2D eigenvalue weighted by Crippen LogP contribution is 2.31. The summed E-state index contributed by atoms with van der Waals surface area (Å²) in [5.74, 6) is 0. The second-order valence-electron chi connectivity index (χ2n) is 4.90. The van der Waals surface area contributed by atoms with Gasteiger partial charge in [0, 0.05) is 34.8 Å². The number of pyridine rings is 1. The van der Waals surface area contributed by atoms with E-state index in [9.17, 15) is 0 Å². The number of rotatable bonds is 4. The van der Waals surface area contributed by atoms with Crippen molar-refractivity contribution in [3.8, 4) is 0 Å². The van der Waals surface area contributed by atoms with E-state index in [0.29, 0.717) is 0 Å². The van der Waals surface area contributed by atoms with Gasteiger partial charge >= 0.3 is 0 Å². The van der Waals surface area contributed by atoms with Crippen molar-refractivity contribution >= 4 is 22.5 Å². The van der Waals surface area contributed by atoms with Crippen LogP contribution in [0.4, 0.5) is 0 Å². The number of halogens is 1. The Kier molecular flexibility index (Phi) is 3.23. The number of hydrogen-bond donors (Lipinski definition) is 0. The van der Waals surface area contributed by atoms with Crippen LogP contribution in [0.15, 0.2) is 30.5 Å². The van der Waals surface area contributed by atoms with Gasteiger partial charge in [0.2, 0.25) is 0 Å². The summed E-state index contributed by atoms with van der Waals surface area (Å²) in [5.41, 5.74) is 2.22. The largest absolute Gasteiger partial charge is 0.296 e. The van der Waals surface area contributed by atoms with Crippen molar-refractivity contribution in [2.24, 2.45) is 0 Å². The average Bonchev–Trinajstić information content (AvgIpc) is 3.22. The lowest BCUT2D eigenvalue weighted by molar-refractivity contribution is 0.270. The fraction of sp³-hybridized carbons (Fsp3) is 0.400. The van der Waals surface area contributed by atoms with Gasteiger partial charge in [-0.3, -0.25) is 9.88 Å². The van der Waals surface area contributed by atoms with Gasteiger partial charge < -0.3 is 0 Å². The highest BCUT2D eigenvalue weighted by Gasteiger charge is 2.28. The lowest BCUT2D eigenvalue weighted by Gasteiger charge is -2.21. The van der Waals surface area contributed by atoms with E-state index in [1.54, 1.807) is 0 Å². The molecule has 0 unspecified atom stereocenters. The summed E-state index contributed by atoms with van der Waals surface area (Å²) < 4.78 is 0.